The Morgan fingerprint density at radius 1 is 1.44 bits per heavy atom. The van der Waals surface area contributed by atoms with Crippen molar-refractivity contribution in [2.75, 3.05) is 0 Å². The van der Waals surface area contributed by atoms with Crippen LogP contribution in [0.5, 0.6) is 0 Å². The summed E-state index contributed by atoms with van der Waals surface area (Å²) in [7, 11) is -1.99. The van der Waals surface area contributed by atoms with Gasteiger partial charge in [0.2, 0.25) is 0 Å². The summed E-state index contributed by atoms with van der Waals surface area (Å²) >= 11 is 0. The third-order valence-corrected chi connectivity index (χ3v) is 7.56. The first-order valence-electron chi connectivity index (χ1n) is 5.43. The van der Waals surface area contributed by atoms with E-state index < -0.39 is 20.4 Å². The largest absolute Gasteiger partial charge is 0.481 e. The Bertz CT molecular complexity index is 255. The van der Waals surface area contributed by atoms with Crippen LogP contribution in [0, 0.1) is 0 Å². The van der Waals surface area contributed by atoms with Crippen molar-refractivity contribution in [3.05, 3.63) is 0 Å². The lowest BCUT2D eigenvalue weighted by atomic mass is 10.2. The fourth-order valence-electron chi connectivity index (χ4n) is 1.07. The summed E-state index contributed by atoms with van der Waals surface area (Å²) in [5, 5.41) is 8.75. The Kier molecular flexibility index (Phi) is 5.35. The molecule has 0 aromatic heterocycles. The van der Waals surface area contributed by atoms with Crippen LogP contribution in [0.4, 0.5) is 0 Å². The van der Waals surface area contributed by atoms with E-state index in [0.717, 1.165) is 6.29 Å². The molecule has 16 heavy (non-hydrogen) atoms. The minimum Gasteiger partial charge on any atom is -0.481 e. The Hall–Kier alpha value is -0.683. The number of carbonyl (C=O) groups excluding carboxylic acids is 1. The zero-order chi connectivity index (χ0) is 13.0. The van der Waals surface area contributed by atoms with Crippen LogP contribution in [0.3, 0.4) is 0 Å². The predicted molar refractivity (Wildman–Crippen MR) is 65.0 cm³/mol. The number of aldehydes is 1. The van der Waals surface area contributed by atoms with Gasteiger partial charge >= 0.3 is 5.97 Å². The molecule has 1 atom stereocenters. The molecule has 0 aliphatic rings. The summed E-state index contributed by atoms with van der Waals surface area (Å²) in [5.74, 6) is -0.925. The van der Waals surface area contributed by atoms with Crippen molar-refractivity contribution in [2.45, 2.75) is 57.8 Å². The van der Waals surface area contributed by atoms with Crippen molar-refractivity contribution in [1.29, 1.82) is 0 Å². The molecule has 4 nitrogen and oxygen atoms in total. The molecular formula is C11H22O4Si. The number of carboxylic acid groups (broad SMARTS) is 1. The number of aliphatic carboxylic acids is 1. The van der Waals surface area contributed by atoms with Gasteiger partial charge in [-0.1, -0.05) is 20.8 Å². The van der Waals surface area contributed by atoms with Gasteiger partial charge in [-0.05, 0) is 18.1 Å². The zero-order valence-electron chi connectivity index (χ0n) is 10.7. The third-order valence-electron chi connectivity index (χ3n) is 3.03. The van der Waals surface area contributed by atoms with Crippen LogP contribution < -0.4 is 0 Å². The molecule has 0 fully saturated rings. The van der Waals surface area contributed by atoms with E-state index in [2.05, 4.69) is 20.8 Å². The average Bonchev–Trinajstić information content (AvgIpc) is 1.99. The highest BCUT2D eigenvalue weighted by Crippen LogP contribution is 2.37. The lowest BCUT2D eigenvalue weighted by Gasteiger charge is -2.38. The van der Waals surface area contributed by atoms with Crippen molar-refractivity contribution in [2.24, 2.45) is 0 Å². The topological polar surface area (TPSA) is 63.6 Å². The maximum Gasteiger partial charge on any atom is 0.305 e. The van der Waals surface area contributed by atoms with E-state index in [1.54, 1.807) is 0 Å². The standard InChI is InChI=1S/C11H22O4Si/c1-11(2,3)16(4,5)15-9(6-7-12)8-10(13)14/h7,9H,6,8H2,1-5H3,(H,13,14). The van der Waals surface area contributed by atoms with Crippen molar-refractivity contribution in [3.8, 4) is 0 Å². The number of hydrogen-bond acceptors (Lipinski definition) is 3. The summed E-state index contributed by atoms with van der Waals surface area (Å²) in [6, 6.07) is 0. The first-order valence-corrected chi connectivity index (χ1v) is 8.34. The molecule has 0 bridgehead atoms. The van der Waals surface area contributed by atoms with Crippen LogP contribution in [-0.2, 0) is 14.0 Å². The third kappa shape index (κ3) is 4.89. The molecule has 0 saturated heterocycles. The highest BCUT2D eigenvalue weighted by atomic mass is 28.4. The summed E-state index contributed by atoms with van der Waals surface area (Å²) in [6.07, 6.45) is 0.279. The van der Waals surface area contributed by atoms with E-state index in [0.29, 0.717) is 0 Å². The van der Waals surface area contributed by atoms with E-state index in [9.17, 15) is 9.59 Å². The van der Waals surface area contributed by atoms with Crippen LogP contribution in [-0.4, -0.2) is 31.8 Å². The lowest BCUT2D eigenvalue weighted by molar-refractivity contribution is -0.139. The molecule has 0 rings (SSSR count). The van der Waals surface area contributed by atoms with Gasteiger partial charge in [0, 0.05) is 6.42 Å². The van der Waals surface area contributed by atoms with E-state index >= 15 is 0 Å². The maximum atomic E-state index is 10.6. The number of hydrogen-bond donors (Lipinski definition) is 1. The quantitative estimate of drug-likeness (QED) is 0.577. The van der Waals surface area contributed by atoms with Crippen molar-refractivity contribution >= 4 is 20.6 Å². The van der Waals surface area contributed by atoms with E-state index in [-0.39, 0.29) is 17.9 Å². The number of carboxylic acids is 1. The Balaban J connectivity index is 4.61. The van der Waals surface area contributed by atoms with Gasteiger partial charge in [-0.25, -0.2) is 0 Å². The minimum atomic E-state index is -1.99. The zero-order valence-corrected chi connectivity index (χ0v) is 11.7. The second-order valence-corrected chi connectivity index (χ2v) is 10.3. The molecule has 1 N–H and O–H groups in total. The normalized spacial score (nSPS) is 14.6. The van der Waals surface area contributed by atoms with E-state index in [1.165, 1.54) is 0 Å². The molecule has 0 saturated carbocycles. The SMILES string of the molecule is CC(C)(C)[Si](C)(C)OC(CC=O)CC(=O)O. The van der Waals surface area contributed by atoms with Gasteiger partial charge in [-0.15, -0.1) is 0 Å². The van der Waals surface area contributed by atoms with Gasteiger partial charge in [0.05, 0.1) is 12.5 Å². The highest BCUT2D eigenvalue weighted by molar-refractivity contribution is 6.74. The second-order valence-electron chi connectivity index (χ2n) is 5.50. The molecule has 5 heteroatoms. The first kappa shape index (κ1) is 15.3. The second kappa shape index (κ2) is 5.59. The van der Waals surface area contributed by atoms with Crippen LogP contribution in [0.15, 0.2) is 0 Å². The highest BCUT2D eigenvalue weighted by Gasteiger charge is 2.39. The van der Waals surface area contributed by atoms with Gasteiger partial charge in [0.15, 0.2) is 8.32 Å². The van der Waals surface area contributed by atoms with Crippen LogP contribution in [0.1, 0.15) is 33.6 Å². The lowest BCUT2D eigenvalue weighted by Crippen LogP contribution is -2.44. The molecule has 0 spiro atoms. The number of rotatable bonds is 6. The molecule has 0 radical (unpaired) electrons. The maximum absolute atomic E-state index is 10.6. The smallest absolute Gasteiger partial charge is 0.305 e. The van der Waals surface area contributed by atoms with Crippen LogP contribution in [0.2, 0.25) is 18.1 Å². The van der Waals surface area contributed by atoms with Crippen molar-refractivity contribution < 1.29 is 19.1 Å². The van der Waals surface area contributed by atoms with Crippen LogP contribution >= 0.6 is 0 Å². The molecule has 0 aliphatic carbocycles. The van der Waals surface area contributed by atoms with E-state index in [4.69, 9.17) is 9.53 Å². The summed E-state index contributed by atoms with van der Waals surface area (Å²) in [6.45, 7) is 10.3. The van der Waals surface area contributed by atoms with Gasteiger partial charge < -0.3 is 14.3 Å². The van der Waals surface area contributed by atoms with Gasteiger partial charge in [0.25, 0.3) is 0 Å². The van der Waals surface area contributed by atoms with Crippen molar-refractivity contribution in [3.63, 3.8) is 0 Å². The van der Waals surface area contributed by atoms with Crippen LogP contribution in [0.25, 0.3) is 0 Å². The van der Waals surface area contributed by atoms with Crippen molar-refractivity contribution in [1.82, 2.24) is 0 Å². The van der Waals surface area contributed by atoms with Gasteiger partial charge in [0.1, 0.15) is 6.29 Å². The van der Waals surface area contributed by atoms with Gasteiger partial charge in [-0.2, -0.15) is 0 Å². The Morgan fingerprint density at radius 2 is 1.94 bits per heavy atom. The van der Waals surface area contributed by atoms with Gasteiger partial charge in [-0.3, -0.25) is 4.79 Å². The molecule has 0 aromatic carbocycles. The fraction of sp³-hybridized carbons (Fsp3) is 0.818. The molecule has 94 valence electrons. The summed E-state index contributed by atoms with van der Waals surface area (Å²) in [4.78, 5) is 21.1. The first-order chi connectivity index (χ1) is 7.10. The molecular weight excluding hydrogens is 224 g/mol. The summed E-state index contributed by atoms with van der Waals surface area (Å²) < 4.78 is 5.88. The molecule has 0 aliphatic heterocycles. The monoisotopic (exact) mass is 246 g/mol. The molecule has 0 aromatic rings. The summed E-state index contributed by atoms with van der Waals surface area (Å²) in [5.41, 5.74) is 0. The fourth-order valence-corrected chi connectivity index (χ4v) is 2.44. The molecule has 0 amide bonds. The molecule has 1 unspecified atom stereocenters. The average molecular weight is 246 g/mol. The predicted octanol–water partition coefficient (Wildman–Crippen LogP) is 2.44. The van der Waals surface area contributed by atoms with E-state index in [1.807, 2.05) is 13.1 Å². The number of carbonyl (C=O) groups is 2. The Morgan fingerprint density at radius 3 is 2.25 bits per heavy atom. The minimum absolute atomic E-state index is 0.0205. The molecule has 0 heterocycles. The Labute approximate surface area is 98.1 Å².